The molecule has 1 heterocycles. The molecule has 0 aromatic heterocycles. The number of sulfone groups is 1. The molecule has 1 aliphatic carbocycles. The number of amides is 1. The van der Waals surface area contributed by atoms with Gasteiger partial charge in [-0.15, -0.1) is 0 Å². The summed E-state index contributed by atoms with van der Waals surface area (Å²) in [5.74, 6) is -0.0377. The van der Waals surface area contributed by atoms with E-state index in [0.29, 0.717) is 5.02 Å². The van der Waals surface area contributed by atoms with Gasteiger partial charge in [-0.25, -0.2) is 8.42 Å². The van der Waals surface area contributed by atoms with Gasteiger partial charge in [0.2, 0.25) is 5.91 Å². The topological polar surface area (TPSA) is 66.5 Å². The van der Waals surface area contributed by atoms with Gasteiger partial charge in [0, 0.05) is 17.8 Å². The fourth-order valence-electron chi connectivity index (χ4n) is 2.71. The van der Waals surface area contributed by atoms with Gasteiger partial charge in [0.25, 0.3) is 0 Å². The zero-order chi connectivity index (χ0) is 15.3. The first-order chi connectivity index (χ1) is 9.81. The Balaban J connectivity index is 1.88. The second kappa shape index (κ2) is 4.97. The van der Waals surface area contributed by atoms with Crippen LogP contribution in [0.4, 0.5) is 0 Å². The van der Waals surface area contributed by atoms with Crippen LogP contribution in [0.2, 0.25) is 5.02 Å². The number of carbonyl (C=O) groups is 1. The van der Waals surface area contributed by atoms with Gasteiger partial charge in [-0.1, -0.05) is 23.7 Å². The number of hydrogen-bond acceptors (Lipinski definition) is 4. The SMILES string of the molecule is CS(=O)(=O)CCN1C(=O)C2(CC2)NC1c1cccc(Cl)c1. The second-order valence-corrected chi connectivity index (χ2v) is 8.51. The highest BCUT2D eigenvalue weighted by Crippen LogP contribution is 2.45. The molecule has 1 saturated carbocycles. The van der Waals surface area contributed by atoms with Gasteiger partial charge < -0.3 is 4.90 Å². The lowest BCUT2D eigenvalue weighted by Gasteiger charge is -2.24. The van der Waals surface area contributed by atoms with E-state index in [1.54, 1.807) is 17.0 Å². The maximum absolute atomic E-state index is 12.5. The van der Waals surface area contributed by atoms with Gasteiger partial charge in [0.05, 0.1) is 5.75 Å². The van der Waals surface area contributed by atoms with Crippen LogP contribution in [0, 0.1) is 0 Å². The van der Waals surface area contributed by atoms with E-state index >= 15 is 0 Å². The lowest BCUT2D eigenvalue weighted by molar-refractivity contribution is -0.130. The maximum Gasteiger partial charge on any atom is 0.244 e. The van der Waals surface area contributed by atoms with E-state index in [-0.39, 0.29) is 24.4 Å². The zero-order valence-electron chi connectivity index (χ0n) is 11.7. The van der Waals surface area contributed by atoms with Gasteiger partial charge >= 0.3 is 0 Å². The van der Waals surface area contributed by atoms with Crippen LogP contribution < -0.4 is 5.32 Å². The van der Waals surface area contributed by atoms with Crippen LogP contribution in [0.5, 0.6) is 0 Å². The molecule has 1 spiro atoms. The largest absolute Gasteiger partial charge is 0.320 e. The first-order valence-corrected chi connectivity index (χ1v) is 9.27. The van der Waals surface area contributed by atoms with Crippen molar-refractivity contribution in [2.75, 3.05) is 18.6 Å². The molecule has 0 bridgehead atoms. The molecule has 1 aromatic carbocycles. The molecule has 1 amide bonds. The van der Waals surface area contributed by atoms with Gasteiger partial charge in [-0.3, -0.25) is 10.1 Å². The number of halogens is 1. The number of rotatable bonds is 4. The number of nitrogens with zero attached hydrogens (tertiary/aromatic N) is 1. The van der Waals surface area contributed by atoms with Crippen LogP contribution in [-0.2, 0) is 14.6 Å². The molecule has 1 unspecified atom stereocenters. The van der Waals surface area contributed by atoms with Crippen LogP contribution >= 0.6 is 11.6 Å². The van der Waals surface area contributed by atoms with E-state index < -0.39 is 15.4 Å². The highest BCUT2D eigenvalue weighted by atomic mass is 35.5. The molecular weight excluding hydrogens is 312 g/mol. The van der Waals surface area contributed by atoms with E-state index in [2.05, 4.69) is 5.32 Å². The summed E-state index contributed by atoms with van der Waals surface area (Å²) in [5.41, 5.74) is 0.401. The summed E-state index contributed by atoms with van der Waals surface area (Å²) in [4.78, 5) is 14.1. The summed E-state index contributed by atoms with van der Waals surface area (Å²) in [6, 6.07) is 7.30. The smallest absolute Gasteiger partial charge is 0.244 e. The molecule has 1 aromatic rings. The third-order valence-corrected chi connectivity index (χ3v) is 5.17. The van der Waals surface area contributed by atoms with Gasteiger partial charge in [0.15, 0.2) is 0 Å². The monoisotopic (exact) mass is 328 g/mol. The predicted octanol–water partition coefficient (Wildman–Crippen LogP) is 1.35. The van der Waals surface area contributed by atoms with Crippen LogP contribution in [0.3, 0.4) is 0 Å². The Bertz CT molecular complexity index is 685. The minimum Gasteiger partial charge on any atom is -0.320 e. The summed E-state index contributed by atoms with van der Waals surface area (Å²) in [7, 11) is -3.11. The Morgan fingerprint density at radius 3 is 2.71 bits per heavy atom. The normalized spacial score (nSPS) is 23.8. The van der Waals surface area contributed by atoms with Crippen molar-refractivity contribution in [1.82, 2.24) is 10.2 Å². The lowest BCUT2D eigenvalue weighted by atomic mass is 10.1. The number of hydrogen-bond donors (Lipinski definition) is 1. The quantitative estimate of drug-likeness (QED) is 0.906. The van der Waals surface area contributed by atoms with Crippen LogP contribution in [-0.4, -0.2) is 43.3 Å². The summed E-state index contributed by atoms with van der Waals surface area (Å²) in [5, 5.41) is 3.94. The minimum absolute atomic E-state index is 0.00359. The third kappa shape index (κ3) is 2.93. The zero-order valence-corrected chi connectivity index (χ0v) is 13.2. The van der Waals surface area contributed by atoms with Crippen LogP contribution in [0.15, 0.2) is 24.3 Å². The molecule has 114 valence electrons. The van der Waals surface area contributed by atoms with E-state index in [0.717, 1.165) is 18.4 Å². The van der Waals surface area contributed by atoms with Crippen molar-refractivity contribution in [3.63, 3.8) is 0 Å². The molecule has 0 radical (unpaired) electrons. The highest BCUT2D eigenvalue weighted by molar-refractivity contribution is 7.90. The molecule has 2 aliphatic rings. The van der Waals surface area contributed by atoms with Gasteiger partial charge in [-0.05, 0) is 30.5 Å². The number of nitrogens with one attached hydrogen (secondary N) is 1. The summed E-state index contributed by atoms with van der Waals surface area (Å²) in [6.07, 6.45) is 2.49. The first kappa shape index (κ1) is 14.8. The average molecular weight is 329 g/mol. The Hall–Kier alpha value is -1.11. The van der Waals surface area contributed by atoms with Crippen molar-refractivity contribution in [2.24, 2.45) is 0 Å². The maximum atomic E-state index is 12.5. The fraction of sp³-hybridized carbons (Fsp3) is 0.500. The third-order valence-electron chi connectivity index (χ3n) is 4.01. The van der Waals surface area contributed by atoms with Gasteiger partial charge in [-0.2, -0.15) is 0 Å². The Morgan fingerprint density at radius 2 is 2.14 bits per heavy atom. The van der Waals surface area contributed by atoms with E-state index in [1.165, 1.54) is 6.26 Å². The molecule has 2 fully saturated rings. The predicted molar refractivity (Wildman–Crippen MR) is 80.7 cm³/mol. The van der Waals surface area contributed by atoms with E-state index in [9.17, 15) is 13.2 Å². The van der Waals surface area contributed by atoms with Crippen molar-refractivity contribution < 1.29 is 13.2 Å². The molecule has 3 rings (SSSR count). The van der Waals surface area contributed by atoms with Crippen molar-refractivity contribution >= 4 is 27.3 Å². The summed E-state index contributed by atoms with van der Waals surface area (Å²) < 4.78 is 22.8. The lowest BCUT2D eigenvalue weighted by Crippen LogP contribution is -2.35. The molecule has 1 aliphatic heterocycles. The van der Waals surface area contributed by atoms with Crippen molar-refractivity contribution in [3.05, 3.63) is 34.9 Å². The van der Waals surface area contributed by atoms with Crippen molar-refractivity contribution in [2.45, 2.75) is 24.5 Å². The molecule has 5 nitrogen and oxygen atoms in total. The highest BCUT2D eigenvalue weighted by Gasteiger charge is 2.59. The van der Waals surface area contributed by atoms with Crippen molar-refractivity contribution in [1.29, 1.82) is 0 Å². The minimum atomic E-state index is -3.11. The molecule has 1 saturated heterocycles. The van der Waals surface area contributed by atoms with Crippen LogP contribution in [0.25, 0.3) is 0 Å². The standard InChI is InChI=1S/C14H17ClN2O3S/c1-21(19,20)8-7-17-12(10-3-2-4-11(15)9-10)16-14(5-6-14)13(17)18/h2-4,9,12,16H,5-8H2,1H3. The number of carbonyl (C=O) groups excluding carboxylic acids is 1. The van der Waals surface area contributed by atoms with Crippen LogP contribution in [0.1, 0.15) is 24.6 Å². The van der Waals surface area contributed by atoms with E-state index in [1.807, 2.05) is 12.1 Å². The molecular formula is C14H17ClN2O3S. The molecule has 7 heteroatoms. The molecule has 1 N–H and O–H groups in total. The Labute approximate surface area is 129 Å². The van der Waals surface area contributed by atoms with E-state index in [4.69, 9.17) is 11.6 Å². The number of benzene rings is 1. The second-order valence-electron chi connectivity index (χ2n) is 5.81. The Morgan fingerprint density at radius 1 is 1.43 bits per heavy atom. The van der Waals surface area contributed by atoms with Gasteiger partial charge in [0.1, 0.15) is 21.5 Å². The molecule has 21 heavy (non-hydrogen) atoms. The summed E-state index contributed by atoms with van der Waals surface area (Å²) >= 11 is 6.02. The average Bonchev–Trinajstić information content (AvgIpc) is 3.11. The fourth-order valence-corrected chi connectivity index (χ4v) is 3.44. The Kier molecular flexibility index (Phi) is 3.50. The molecule has 1 atom stereocenters. The first-order valence-electron chi connectivity index (χ1n) is 6.83. The van der Waals surface area contributed by atoms with Crippen molar-refractivity contribution in [3.8, 4) is 0 Å². The summed E-state index contributed by atoms with van der Waals surface area (Å²) in [6.45, 7) is 0.198.